The highest BCUT2D eigenvalue weighted by Gasteiger charge is 2.17. The Morgan fingerprint density at radius 1 is 1.15 bits per heavy atom. The molecule has 2 heterocycles. The number of benzene rings is 2. The minimum Gasteiger partial charge on any atom is -0.497 e. The summed E-state index contributed by atoms with van der Waals surface area (Å²) in [5, 5.41) is 11.4. The van der Waals surface area contributed by atoms with E-state index in [1.165, 1.54) is 0 Å². The van der Waals surface area contributed by atoms with Gasteiger partial charge in [0.25, 0.3) is 5.89 Å². The summed E-state index contributed by atoms with van der Waals surface area (Å²) in [4.78, 5) is 16.5. The Bertz CT molecular complexity index is 1050. The third-order valence-electron chi connectivity index (χ3n) is 3.81. The summed E-state index contributed by atoms with van der Waals surface area (Å²) < 4.78 is 15.5. The summed E-state index contributed by atoms with van der Waals surface area (Å²) in [7, 11) is 1.60. The molecular weight excluding hydrogens is 336 g/mol. The van der Waals surface area contributed by atoms with Gasteiger partial charge in [-0.25, -0.2) is 4.79 Å². The van der Waals surface area contributed by atoms with E-state index in [4.69, 9.17) is 14.0 Å². The summed E-state index contributed by atoms with van der Waals surface area (Å²) in [6.45, 7) is -0.136. The molecule has 0 aliphatic heterocycles. The molecule has 26 heavy (non-hydrogen) atoms. The third-order valence-corrected chi connectivity index (χ3v) is 3.81. The van der Waals surface area contributed by atoms with E-state index in [0.717, 1.165) is 16.8 Å². The van der Waals surface area contributed by atoms with Gasteiger partial charge in [-0.15, -0.1) is 0 Å². The van der Waals surface area contributed by atoms with Crippen LogP contribution in [-0.4, -0.2) is 33.4 Å². The van der Waals surface area contributed by atoms with E-state index in [1.54, 1.807) is 25.3 Å². The lowest BCUT2D eigenvalue weighted by atomic mass is 10.2. The van der Waals surface area contributed by atoms with E-state index in [2.05, 4.69) is 20.3 Å². The lowest BCUT2D eigenvalue weighted by Crippen LogP contribution is -2.06. The van der Waals surface area contributed by atoms with Crippen molar-refractivity contribution in [3.05, 3.63) is 60.1 Å². The smallest absolute Gasteiger partial charge is 0.359 e. The van der Waals surface area contributed by atoms with Crippen LogP contribution in [0.15, 0.2) is 53.1 Å². The molecule has 8 heteroatoms. The van der Waals surface area contributed by atoms with Crippen LogP contribution >= 0.6 is 0 Å². The Balaban J connectivity index is 1.45. The average molecular weight is 350 g/mol. The molecule has 0 unspecified atom stereocenters. The second-order valence-electron chi connectivity index (χ2n) is 5.43. The zero-order valence-electron chi connectivity index (χ0n) is 13.8. The Morgan fingerprint density at radius 2 is 1.96 bits per heavy atom. The number of fused-ring (bicyclic) bond motifs is 1. The van der Waals surface area contributed by atoms with Gasteiger partial charge in [0.05, 0.1) is 12.6 Å². The minimum atomic E-state index is -0.563. The van der Waals surface area contributed by atoms with Gasteiger partial charge in [0.1, 0.15) is 5.75 Å². The number of carbonyl (C=O) groups excluding carboxylic acids is 1. The van der Waals surface area contributed by atoms with Crippen molar-refractivity contribution in [3.8, 4) is 17.1 Å². The van der Waals surface area contributed by atoms with Crippen LogP contribution in [0.2, 0.25) is 0 Å². The molecule has 8 nitrogen and oxygen atoms in total. The molecule has 0 aliphatic carbocycles. The van der Waals surface area contributed by atoms with Gasteiger partial charge in [0.2, 0.25) is 5.82 Å². The molecule has 0 aliphatic rings. The fraction of sp³-hybridized carbons (Fsp3) is 0.111. The molecule has 1 N–H and O–H groups in total. The number of rotatable bonds is 5. The number of H-pyrrole nitrogens is 1. The average Bonchev–Trinajstić information content (AvgIpc) is 3.33. The standard InChI is InChI=1S/C18H14N4O4/c1-24-12-8-6-11(7-9-12)17-19-15(26-22-17)10-25-18(23)16-13-4-2-3-5-14(13)20-21-16/h2-9H,10H2,1H3,(H,20,21). The highest BCUT2D eigenvalue weighted by molar-refractivity contribution is 6.01. The highest BCUT2D eigenvalue weighted by atomic mass is 16.6. The molecule has 4 rings (SSSR count). The molecule has 2 aromatic heterocycles. The zero-order chi connectivity index (χ0) is 17.9. The molecule has 0 saturated carbocycles. The van der Waals surface area contributed by atoms with Gasteiger partial charge in [0.15, 0.2) is 12.3 Å². The van der Waals surface area contributed by atoms with E-state index in [-0.39, 0.29) is 18.2 Å². The highest BCUT2D eigenvalue weighted by Crippen LogP contribution is 2.20. The topological polar surface area (TPSA) is 103 Å². The summed E-state index contributed by atoms with van der Waals surface area (Å²) in [6, 6.07) is 14.5. The number of carbonyl (C=O) groups is 1. The first-order valence-corrected chi connectivity index (χ1v) is 7.82. The lowest BCUT2D eigenvalue weighted by Gasteiger charge is -1.99. The molecular formula is C18H14N4O4. The van der Waals surface area contributed by atoms with Gasteiger partial charge in [-0.05, 0) is 30.3 Å². The maximum atomic E-state index is 12.2. The molecule has 0 atom stereocenters. The Labute approximate surface area is 147 Å². The van der Waals surface area contributed by atoms with Crippen molar-refractivity contribution in [1.82, 2.24) is 20.3 Å². The maximum absolute atomic E-state index is 12.2. The number of para-hydroxylation sites is 1. The Morgan fingerprint density at radius 3 is 2.77 bits per heavy atom. The zero-order valence-corrected chi connectivity index (χ0v) is 13.8. The molecule has 0 saturated heterocycles. The molecule has 0 fully saturated rings. The minimum absolute atomic E-state index is 0.136. The van der Waals surface area contributed by atoms with Crippen molar-refractivity contribution in [3.63, 3.8) is 0 Å². The summed E-state index contributed by atoms with van der Waals surface area (Å²) in [6.07, 6.45) is 0. The first-order valence-electron chi connectivity index (χ1n) is 7.82. The van der Waals surface area contributed by atoms with Crippen LogP contribution in [0.4, 0.5) is 0 Å². The molecule has 0 radical (unpaired) electrons. The number of ether oxygens (including phenoxy) is 2. The fourth-order valence-electron chi connectivity index (χ4n) is 2.49. The van der Waals surface area contributed by atoms with Gasteiger partial charge < -0.3 is 14.0 Å². The molecule has 0 bridgehead atoms. The lowest BCUT2D eigenvalue weighted by molar-refractivity contribution is 0.0425. The van der Waals surface area contributed by atoms with Crippen molar-refractivity contribution in [2.75, 3.05) is 7.11 Å². The molecule has 0 amide bonds. The predicted octanol–water partition coefficient (Wildman–Crippen LogP) is 2.98. The van der Waals surface area contributed by atoms with Crippen LogP contribution in [-0.2, 0) is 11.3 Å². The summed E-state index contributed by atoms with van der Waals surface area (Å²) >= 11 is 0. The number of aromatic amines is 1. The predicted molar refractivity (Wildman–Crippen MR) is 91.5 cm³/mol. The SMILES string of the molecule is COc1ccc(-c2noc(COC(=O)c3n[nH]c4ccccc34)n2)cc1. The van der Waals surface area contributed by atoms with Crippen molar-refractivity contribution in [1.29, 1.82) is 0 Å². The monoisotopic (exact) mass is 350 g/mol. The summed E-state index contributed by atoms with van der Waals surface area (Å²) in [5.41, 5.74) is 1.75. The molecule has 130 valence electrons. The number of methoxy groups -OCH3 is 1. The van der Waals surface area contributed by atoms with E-state index in [1.807, 2.05) is 30.3 Å². The van der Waals surface area contributed by atoms with Gasteiger partial charge >= 0.3 is 5.97 Å². The van der Waals surface area contributed by atoms with Crippen molar-refractivity contribution in [2.24, 2.45) is 0 Å². The van der Waals surface area contributed by atoms with Crippen LogP contribution < -0.4 is 4.74 Å². The van der Waals surface area contributed by atoms with Crippen LogP contribution in [0, 0.1) is 0 Å². The molecule has 0 spiro atoms. The van der Waals surface area contributed by atoms with Crippen LogP contribution in [0.25, 0.3) is 22.3 Å². The van der Waals surface area contributed by atoms with E-state index >= 15 is 0 Å². The Kier molecular flexibility index (Phi) is 4.06. The van der Waals surface area contributed by atoms with Crippen LogP contribution in [0.3, 0.4) is 0 Å². The fourth-order valence-corrected chi connectivity index (χ4v) is 2.49. The quantitative estimate of drug-likeness (QED) is 0.552. The normalized spacial score (nSPS) is 10.8. The van der Waals surface area contributed by atoms with Gasteiger partial charge in [-0.1, -0.05) is 23.4 Å². The van der Waals surface area contributed by atoms with E-state index in [0.29, 0.717) is 11.2 Å². The van der Waals surface area contributed by atoms with Crippen molar-refractivity contribution >= 4 is 16.9 Å². The second-order valence-corrected chi connectivity index (χ2v) is 5.43. The number of hydrogen-bond donors (Lipinski definition) is 1. The number of nitrogens with one attached hydrogen (secondary N) is 1. The number of nitrogens with zero attached hydrogens (tertiary/aromatic N) is 3. The first kappa shape index (κ1) is 15.8. The van der Waals surface area contributed by atoms with Crippen molar-refractivity contribution < 1.29 is 18.8 Å². The van der Waals surface area contributed by atoms with Gasteiger partial charge in [0, 0.05) is 10.9 Å². The van der Waals surface area contributed by atoms with Crippen molar-refractivity contribution in [2.45, 2.75) is 6.61 Å². The van der Waals surface area contributed by atoms with E-state index in [9.17, 15) is 4.79 Å². The third kappa shape index (κ3) is 3.00. The molecule has 2 aromatic carbocycles. The maximum Gasteiger partial charge on any atom is 0.359 e. The van der Waals surface area contributed by atoms with Gasteiger partial charge in [-0.3, -0.25) is 5.10 Å². The first-order chi connectivity index (χ1) is 12.7. The number of esters is 1. The Hall–Kier alpha value is -3.68. The molecule has 4 aromatic rings. The van der Waals surface area contributed by atoms with Gasteiger partial charge in [-0.2, -0.15) is 10.1 Å². The summed E-state index contributed by atoms with van der Waals surface area (Å²) in [5.74, 6) is 0.775. The van der Waals surface area contributed by atoms with Crippen LogP contribution in [0.5, 0.6) is 5.75 Å². The van der Waals surface area contributed by atoms with E-state index < -0.39 is 5.97 Å². The number of aromatic nitrogens is 4. The second kappa shape index (κ2) is 6.67. The largest absolute Gasteiger partial charge is 0.497 e. The van der Waals surface area contributed by atoms with Crippen LogP contribution in [0.1, 0.15) is 16.4 Å². The number of hydrogen-bond acceptors (Lipinski definition) is 7.